The highest BCUT2D eigenvalue weighted by Crippen LogP contribution is 2.35. The molecule has 7 heteroatoms. The molecule has 0 spiro atoms. The van der Waals surface area contributed by atoms with Crippen LogP contribution in [0.1, 0.15) is 24.4 Å². The molecule has 1 N–H and O–H groups in total. The van der Waals surface area contributed by atoms with Crippen molar-refractivity contribution >= 4 is 27.6 Å². The first kappa shape index (κ1) is 14.3. The maximum atomic E-state index is 12.0. The first-order valence-corrected chi connectivity index (χ1v) is 7.85. The Morgan fingerprint density at radius 2 is 2.21 bits per heavy atom. The van der Waals surface area contributed by atoms with E-state index < -0.39 is 21.7 Å². The fraction of sp³-hybridized carbons (Fsp3) is 0.417. The van der Waals surface area contributed by atoms with E-state index in [1.54, 1.807) is 18.2 Å². The molecule has 5 nitrogen and oxygen atoms in total. The van der Waals surface area contributed by atoms with Crippen LogP contribution in [0.5, 0.6) is 0 Å². The van der Waals surface area contributed by atoms with Crippen LogP contribution in [-0.2, 0) is 14.8 Å². The summed E-state index contributed by atoms with van der Waals surface area (Å²) in [6.45, 7) is 0.354. The van der Waals surface area contributed by atoms with Gasteiger partial charge in [0.25, 0.3) is 0 Å². The van der Waals surface area contributed by atoms with E-state index in [2.05, 4.69) is 0 Å². The van der Waals surface area contributed by atoms with Crippen molar-refractivity contribution in [1.29, 1.82) is 0 Å². The third-order valence-corrected chi connectivity index (χ3v) is 5.10. The van der Waals surface area contributed by atoms with Gasteiger partial charge in [0.15, 0.2) is 5.75 Å². The highest BCUT2D eigenvalue weighted by Gasteiger charge is 2.36. The minimum absolute atomic E-state index is 0.317. The number of nitrogens with zero attached hydrogens (tertiary/aromatic N) is 1. The molecule has 1 heterocycles. The second-order valence-corrected chi connectivity index (χ2v) is 6.83. The molecule has 1 aromatic rings. The summed E-state index contributed by atoms with van der Waals surface area (Å²) in [6, 6.07) is 6.70. The second kappa shape index (κ2) is 5.48. The van der Waals surface area contributed by atoms with Gasteiger partial charge >= 0.3 is 5.97 Å². The predicted molar refractivity (Wildman–Crippen MR) is 71.6 cm³/mol. The Labute approximate surface area is 116 Å². The van der Waals surface area contributed by atoms with Crippen LogP contribution >= 0.6 is 11.6 Å². The summed E-state index contributed by atoms with van der Waals surface area (Å²) in [5.74, 6) is -2.21. The van der Waals surface area contributed by atoms with Crippen molar-refractivity contribution in [3.8, 4) is 0 Å². The Morgan fingerprint density at radius 3 is 2.84 bits per heavy atom. The van der Waals surface area contributed by atoms with Gasteiger partial charge in [-0.2, -0.15) is 4.31 Å². The molecular weight excluding hydrogens is 290 g/mol. The van der Waals surface area contributed by atoms with E-state index in [1.165, 1.54) is 4.31 Å². The lowest BCUT2D eigenvalue weighted by Gasteiger charge is -2.23. The topological polar surface area (TPSA) is 74.7 Å². The molecule has 104 valence electrons. The molecule has 1 atom stereocenters. The molecule has 1 unspecified atom stereocenters. The molecule has 0 saturated carbocycles. The number of rotatable bonds is 4. The van der Waals surface area contributed by atoms with Crippen molar-refractivity contribution in [2.75, 3.05) is 12.3 Å². The molecule has 1 saturated heterocycles. The van der Waals surface area contributed by atoms with E-state index in [1.807, 2.05) is 6.07 Å². The van der Waals surface area contributed by atoms with Crippen molar-refractivity contribution in [2.45, 2.75) is 18.9 Å². The number of halogens is 1. The monoisotopic (exact) mass is 303 g/mol. The average molecular weight is 304 g/mol. The number of hydrogen-bond donors (Lipinski definition) is 1. The van der Waals surface area contributed by atoms with Gasteiger partial charge in [-0.3, -0.25) is 4.79 Å². The average Bonchev–Trinajstić information content (AvgIpc) is 2.76. The Hall–Kier alpha value is -1.11. The highest BCUT2D eigenvalue weighted by molar-refractivity contribution is 7.89. The summed E-state index contributed by atoms with van der Waals surface area (Å²) in [4.78, 5) is 10.6. The van der Waals surface area contributed by atoms with Crippen LogP contribution in [-0.4, -0.2) is 36.1 Å². The van der Waals surface area contributed by atoms with Crippen LogP contribution in [0.25, 0.3) is 0 Å². The molecule has 0 bridgehead atoms. The summed E-state index contributed by atoms with van der Waals surface area (Å²) in [5.41, 5.74) is 0.805. The van der Waals surface area contributed by atoms with Gasteiger partial charge in [-0.15, -0.1) is 0 Å². The van der Waals surface area contributed by atoms with Gasteiger partial charge in [-0.1, -0.05) is 23.7 Å². The first-order chi connectivity index (χ1) is 8.90. The van der Waals surface area contributed by atoms with E-state index >= 15 is 0 Å². The Balaban J connectivity index is 2.29. The van der Waals surface area contributed by atoms with E-state index in [-0.39, 0.29) is 6.04 Å². The van der Waals surface area contributed by atoms with Gasteiger partial charge in [0.2, 0.25) is 10.0 Å². The Bertz CT molecular complexity index is 587. The summed E-state index contributed by atoms with van der Waals surface area (Å²) in [5, 5.41) is 9.23. The van der Waals surface area contributed by atoms with Crippen LogP contribution in [0, 0.1) is 0 Å². The van der Waals surface area contributed by atoms with Gasteiger partial charge in [-0.05, 0) is 30.5 Å². The molecule has 1 aliphatic heterocycles. The number of carboxylic acid groups (broad SMARTS) is 1. The standard InChI is InChI=1S/C12H14ClNO4S/c13-10-4-1-3-9(7-10)11-5-2-6-14(11)19(17,18)8-12(15)16/h1,3-4,7,11H,2,5-6,8H2,(H,15,16). The van der Waals surface area contributed by atoms with Crippen LogP contribution in [0.3, 0.4) is 0 Å². The van der Waals surface area contributed by atoms with E-state index in [4.69, 9.17) is 16.7 Å². The molecule has 0 radical (unpaired) electrons. The summed E-state index contributed by atoms with van der Waals surface area (Å²) in [7, 11) is -3.78. The maximum absolute atomic E-state index is 12.0. The van der Waals surface area contributed by atoms with Gasteiger partial charge in [0.1, 0.15) is 0 Å². The summed E-state index contributed by atoms with van der Waals surface area (Å²) < 4.78 is 25.3. The molecule has 19 heavy (non-hydrogen) atoms. The van der Waals surface area contributed by atoms with Crippen molar-refractivity contribution in [1.82, 2.24) is 4.31 Å². The molecule has 0 amide bonds. The van der Waals surface area contributed by atoms with Crippen LogP contribution in [0.15, 0.2) is 24.3 Å². The lowest BCUT2D eigenvalue weighted by molar-refractivity contribution is -0.134. The molecule has 2 rings (SSSR count). The SMILES string of the molecule is O=C(O)CS(=O)(=O)N1CCCC1c1cccc(Cl)c1. The third kappa shape index (κ3) is 3.26. The number of sulfonamides is 1. The number of benzene rings is 1. The normalized spacial score (nSPS) is 20.6. The van der Waals surface area contributed by atoms with Crippen LogP contribution < -0.4 is 0 Å². The predicted octanol–water partition coefficient (Wildman–Crippen LogP) is 1.89. The highest BCUT2D eigenvalue weighted by atomic mass is 35.5. The largest absolute Gasteiger partial charge is 0.480 e. The van der Waals surface area contributed by atoms with Gasteiger partial charge in [0.05, 0.1) is 0 Å². The molecule has 0 aromatic heterocycles. The lowest BCUT2D eigenvalue weighted by Crippen LogP contribution is -2.35. The zero-order valence-corrected chi connectivity index (χ0v) is 11.7. The van der Waals surface area contributed by atoms with Crippen LogP contribution in [0.4, 0.5) is 0 Å². The second-order valence-electron chi connectivity index (χ2n) is 4.47. The van der Waals surface area contributed by atoms with Gasteiger partial charge in [-0.25, -0.2) is 8.42 Å². The fourth-order valence-corrected chi connectivity index (χ4v) is 4.06. The fourth-order valence-electron chi connectivity index (χ4n) is 2.36. The first-order valence-electron chi connectivity index (χ1n) is 5.87. The number of carboxylic acids is 1. The summed E-state index contributed by atoms with van der Waals surface area (Å²) in [6.07, 6.45) is 1.40. The zero-order chi connectivity index (χ0) is 14.0. The smallest absolute Gasteiger partial charge is 0.320 e. The third-order valence-electron chi connectivity index (χ3n) is 3.10. The molecule has 1 aromatic carbocycles. The van der Waals surface area contributed by atoms with Crippen molar-refractivity contribution in [3.63, 3.8) is 0 Å². The quantitative estimate of drug-likeness (QED) is 0.921. The molecule has 0 aliphatic carbocycles. The van der Waals surface area contributed by atoms with E-state index in [0.29, 0.717) is 18.0 Å². The van der Waals surface area contributed by atoms with Gasteiger partial charge < -0.3 is 5.11 Å². The Kier molecular flexibility index (Phi) is 4.13. The van der Waals surface area contributed by atoms with Crippen LogP contribution in [0.2, 0.25) is 5.02 Å². The van der Waals surface area contributed by atoms with Crippen molar-refractivity contribution in [3.05, 3.63) is 34.9 Å². The van der Waals surface area contributed by atoms with E-state index in [9.17, 15) is 13.2 Å². The summed E-state index contributed by atoms with van der Waals surface area (Å²) >= 11 is 5.91. The molecule has 1 fully saturated rings. The minimum atomic E-state index is -3.78. The number of aliphatic carboxylic acids is 1. The molecular formula is C12H14ClNO4S. The van der Waals surface area contributed by atoms with E-state index in [0.717, 1.165) is 12.0 Å². The Morgan fingerprint density at radius 1 is 1.47 bits per heavy atom. The zero-order valence-electron chi connectivity index (χ0n) is 10.1. The minimum Gasteiger partial charge on any atom is -0.480 e. The number of hydrogen-bond acceptors (Lipinski definition) is 3. The maximum Gasteiger partial charge on any atom is 0.320 e. The lowest BCUT2D eigenvalue weighted by atomic mass is 10.1. The number of carbonyl (C=O) groups is 1. The van der Waals surface area contributed by atoms with Crippen molar-refractivity contribution < 1.29 is 18.3 Å². The van der Waals surface area contributed by atoms with Crippen molar-refractivity contribution in [2.24, 2.45) is 0 Å². The molecule has 1 aliphatic rings. The van der Waals surface area contributed by atoms with Gasteiger partial charge in [0, 0.05) is 17.6 Å².